The molecule has 0 fully saturated rings. The van der Waals surface area contributed by atoms with Crippen LogP contribution in [0.25, 0.3) is 0 Å². The van der Waals surface area contributed by atoms with Crippen molar-refractivity contribution in [3.05, 3.63) is 34.9 Å². The normalized spacial score (nSPS) is 22.5. The van der Waals surface area contributed by atoms with Crippen molar-refractivity contribution in [1.82, 2.24) is 10.2 Å². The first-order chi connectivity index (χ1) is 8.02. The molecule has 0 aliphatic carbocycles. The molecule has 1 aromatic carbocycles. The lowest BCUT2D eigenvalue weighted by Crippen LogP contribution is -2.55. The van der Waals surface area contributed by atoms with Gasteiger partial charge in [-0.05, 0) is 25.7 Å². The zero-order valence-corrected chi connectivity index (χ0v) is 9.73. The predicted octanol–water partition coefficient (Wildman–Crippen LogP) is 0.401. The minimum atomic E-state index is -1.24. The van der Waals surface area contributed by atoms with Gasteiger partial charge in [-0.25, -0.2) is 4.79 Å². The predicted molar refractivity (Wildman–Crippen MR) is 61.7 cm³/mol. The van der Waals surface area contributed by atoms with Crippen LogP contribution in [0.4, 0.5) is 0 Å². The van der Waals surface area contributed by atoms with Crippen LogP contribution >= 0.6 is 0 Å². The van der Waals surface area contributed by atoms with E-state index in [1.54, 1.807) is 37.2 Å². The van der Waals surface area contributed by atoms with Gasteiger partial charge in [-0.15, -0.1) is 0 Å². The van der Waals surface area contributed by atoms with Crippen LogP contribution in [0.3, 0.4) is 0 Å². The molecule has 0 saturated heterocycles. The average molecular weight is 234 g/mol. The molecule has 90 valence electrons. The highest BCUT2D eigenvalue weighted by Crippen LogP contribution is 2.33. The summed E-state index contributed by atoms with van der Waals surface area (Å²) in [6, 6.07) is 5.12. The third-order valence-electron chi connectivity index (χ3n) is 3.17. The Labute approximate surface area is 99.0 Å². The van der Waals surface area contributed by atoms with Crippen LogP contribution in [0, 0.1) is 0 Å². The molecule has 1 atom stereocenters. The van der Waals surface area contributed by atoms with Crippen molar-refractivity contribution in [2.75, 3.05) is 14.1 Å². The Morgan fingerprint density at radius 2 is 2.24 bits per heavy atom. The van der Waals surface area contributed by atoms with Gasteiger partial charge < -0.3 is 5.11 Å². The molecule has 2 rings (SSSR count). The maximum atomic E-state index is 11.5. The molecule has 0 spiro atoms. The molecule has 1 heterocycles. The zero-order valence-electron chi connectivity index (χ0n) is 9.73. The number of carboxylic acids is 1. The molecule has 0 radical (unpaired) electrons. The molecule has 1 aromatic rings. The summed E-state index contributed by atoms with van der Waals surface area (Å²) in [6.07, 6.45) is 0.723. The Bertz CT molecular complexity index is 485. The van der Waals surface area contributed by atoms with Crippen molar-refractivity contribution in [3.63, 3.8) is 0 Å². The number of hydrogen-bond acceptors (Lipinski definition) is 4. The van der Waals surface area contributed by atoms with Gasteiger partial charge in [-0.1, -0.05) is 12.1 Å². The van der Waals surface area contributed by atoms with E-state index in [1.807, 2.05) is 0 Å². The van der Waals surface area contributed by atoms with Crippen LogP contribution in [0.15, 0.2) is 18.2 Å². The smallest absolute Gasteiger partial charge is 0.344 e. The van der Waals surface area contributed by atoms with Crippen LogP contribution < -0.4 is 5.32 Å². The third kappa shape index (κ3) is 1.55. The van der Waals surface area contributed by atoms with E-state index in [0.29, 0.717) is 17.7 Å². The Balaban J connectivity index is 2.63. The number of carbonyl (C=O) groups excluding carboxylic acids is 1. The van der Waals surface area contributed by atoms with Gasteiger partial charge in [0.05, 0.1) is 0 Å². The van der Waals surface area contributed by atoms with E-state index < -0.39 is 11.6 Å². The van der Waals surface area contributed by atoms with Crippen molar-refractivity contribution < 1.29 is 14.7 Å². The Hall–Kier alpha value is -1.72. The number of rotatable bonds is 3. The molecular formula is C12H14N2O3. The Morgan fingerprint density at radius 3 is 2.76 bits per heavy atom. The maximum absolute atomic E-state index is 11.5. The van der Waals surface area contributed by atoms with E-state index in [9.17, 15) is 14.7 Å². The quantitative estimate of drug-likeness (QED) is 0.741. The molecule has 0 bridgehead atoms. The summed E-state index contributed by atoms with van der Waals surface area (Å²) in [5.41, 5.74) is 0.792. The number of carbonyl (C=O) groups is 2. The van der Waals surface area contributed by atoms with Crippen molar-refractivity contribution in [2.24, 2.45) is 0 Å². The van der Waals surface area contributed by atoms with E-state index in [2.05, 4.69) is 5.32 Å². The van der Waals surface area contributed by atoms with Crippen molar-refractivity contribution in [2.45, 2.75) is 12.2 Å². The summed E-state index contributed by atoms with van der Waals surface area (Å²) in [5.74, 6) is -0.968. The van der Waals surface area contributed by atoms with Gasteiger partial charge in [0.2, 0.25) is 0 Å². The molecule has 17 heavy (non-hydrogen) atoms. The second kappa shape index (κ2) is 3.94. The molecule has 0 aromatic heterocycles. The van der Waals surface area contributed by atoms with Crippen molar-refractivity contribution in [3.8, 4) is 0 Å². The summed E-state index contributed by atoms with van der Waals surface area (Å²) in [4.78, 5) is 23.9. The SMILES string of the molecule is CN(C)C1(C(=O)O)NCc2ccc(C=O)cc21. The van der Waals surface area contributed by atoms with Gasteiger partial charge in [-0.3, -0.25) is 15.0 Å². The van der Waals surface area contributed by atoms with Gasteiger partial charge in [0.15, 0.2) is 5.66 Å². The molecule has 2 N–H and O–H groups in total. The lowest BCUT2D eigenvalue weighted by atomic mass is 9.96. The molecule has 1 unspecified atom stereocenters. The molecule has 5 nitrogen and oxygen atoms in total. The number of nitrogens with zero attached hydrogens (tertiary/aromatic N) is 1. The van der Waals surface area contributed by atoms with E-state index in [-0.39, 0.29) is 0 Å². The fraction of sp³-hybridized carbons (Fsp3) is 0.333. The number of likely N-dealkylation sites (N-methyl/N-ethyl adjacent to an activating group) is 1. The van der Waals surface area contributed by atoms with Gasteiger partial charge in [-0.2, -0.15) is 0 Å². The first-order valence-corrected chi connectivity index (χ1v) is 5.27. The topological polar surface area (TPSA) is 69.6 Å². The first-order valence-electron chi connectivity index (χ1n) is 5.27. The summed E-state index contributed by atoms with van der Waals surface area (Å²) >= 11 is 0. The molecular weight excluding hydrogens is 220 g/mol. The minimum Gasteiger partial charge on any atom is -0.479 e. The molecule has 5 heteroatoms. The van der Waals surface area contributed by atoms with Crippen LogP contribution in [0.1, 0.15) is 21.5 Å². The zero-order chi connectivity index (χ0) is 12.6. The van der Waals surface area contributed by atoms with Gasteiger partial charge >= 0.3 is 5.97 Å². The number of benzene rings is 1. The van der Waals surface area contributed by atoms with E-state index >= 15 is 0 Å². The highest BCUT2D eigenvalue weighted by molar-refractivity contribution is 5.84. The fourth-order valence-electron chi connectivity index (χ4n) is 2.26. The van der Waals surface area contributed by atoms with Crippen LogP contribution in [0.5, 0.6) is 0 Å². The molecule has 1 aliphatic rings. The van der Waals surface area contributed by atoms with Gasteiger partial charge in [0.1, 0.15) is 6.29 Å². The summed E-state index contributed by atoms with van der Waals surface area (Å²) in [5, 5.41) is 12.4. The van der Waals surface area contributed by atoms with Crippen LogP contribution in [-0.4, -0.2) is 36.4 Å². The Morgan fingerprint density at radius 1 is 1.53 bits per heavy atom. The van der Waals surface area contributed by atoms with Gasteiger partial charge in [0.25, 0.3) is 0 Å². The molecule has 0 amide bonds. The van der Waals surface area contributed by atoms with Gasteiger partial charge in [0, 0.05) is 17.7 Å². The fourth-order valence-corrected chi connectivity index (χ4v) is 2.26. The highest BCUT2D eigenvalue weighted by atomic mass is 16.4. The second-order valence-corrected chi connectivity index (χ2v) is 4.30. The third-order valence-corrected chi connectivity index (χ3v) is 3.17. The van der Waals surface area contributed by atoms with E-state index in [0.717, 1.165) is 11.8 Å². The van der Waals surface area contributed by atoms with Crippen molar-refractivity contribution in [1.29, 1.82) is 0 Å². The van der Waals surface area contributed by atoms with Crippen LogP contribution in [-0.2, 0) is 17.0 Å². The lowest BCUT2D eigenvalue weighted by molar-refractivity contribution is -0.152. The average Bonchev–Trinajstić information content (AvgIpc) is 2.68. The standard InChI is InChI=1S/C12H14N2O3/c1-14(2)12(11(16)17)10-5-8(7-15)3-4-9(10)6-13-12/h3-5,7,13H,6H2,1-2H3,(H,16,17). The number of aldehydes is 1. The second-order valence-electron chi connectivity index (χ2n) is 4.30. The monoisotopic (exact) mass is 234 g/mol. The maximum Gasteiger partial charge on any atom is 0.344 e. The largest absolute Gasteiger partial charge is 0.479 e. The van der Waals surface area contributed by atoms with E-state index in [1.165, 1.54) is 0 Å². The minimum absolute atomic E-state index is 0.485. The summed E-state index contributed by atoms with van der Waals surface area (Å²) in [7, 11) is 3.40. The number of nitrogens with one attached hydrogen (secondary N) is 1. The molecule has 0 saturated carbocycles. The highest BCUT2D eigenvalue weighted by Gasteiger charge is 2.47. The number of fused-ring (bicyclic) bond motifs is 1. The summed E-state index contributed by atoms with van der Waals surface area (Å²) in [6.45, 7) is 0.485. The lowest BCUT2D eigenvalue weighted by Gasteiger charge is -2.33. The number of aliphatic carboxylic acids is 1. The van der Waals surface area contributed by atoms with Crippen molar-refractivity contribution >= 4 is 12.3 Å². The first kappa shape index (κ1) is 11.8. The molecule has 1 aliphatic heterocycles. The number of hydrogen-bond donors (Lipinski definition) is 2. The van der Waals surface area contributed by atoms with E-state index in [4.69, 9.17) is 0 Å². The number of carboxylic acid groups (broad SMARTS) is 1. The van der Waals surface area contributed by atoms with Crippen LogP contribution in [0.2, 0.25) is 0 Å². The Kier molecular flexibility index (Phi) is 2.73. The summed E-state index contributed by atoms with van der Waals surface area (Å²) < 4.78 is 0.